The molecule has 1 aliphatic rings. The zero-order valence-corrected chi connectivity index (χ0v) is 12.9. The number of thioether (sulfide) groups is 1. The van der Waals surface area contributed by atoms with Crippen LogP contribution in [0.4, 0.5) is 5.88 Å². The molecule has 0 radical (unpaired) electrons. The van der Waals surface area contributed by atoms with Crippen LogP contribution in [0.5, 0.6) is 11.5 Å². The minimum Gasteiger partial charge on any atom is -0.490 e. The van der Waals surface area contributed by atoms with Gasteiger partial charge >= 0.3 is 0 Å². The van der Waals surface area contributed by atoms with Crippen LogP contribution in [0, 0.1) is 6.92 Å². The number of rotatable bonds is 4. The maximum absolute atomic E-state index is 11.9. The van der Waals surface area contributed by atoms with Crippen molar-refractivity contribution in [3.8, 4) is 11.5 Å². The van der Waals surface area contributed by atoms with Crippen molar-refractivity contribution in [2.24, 2.45) is 0 Å². The molecule has 1 N–H and O–H groups in total. The standard InChI is InChI=1S/C15H16N2O4S/c1-10-7-15(21-17-10)16-14(18)9-22-11-3-4-12-13(8-11)20-6-2-5-19-12/h3-4,7-8H,2,5-6,9H2,1H3,(H,16,18). The number of carbonyl (C=O) groups excluding carboxylic acids is 1. The maximum Gasteiger partial charge on any atom is 0.237 e. The van der Waals surface area contributed by atoms with Crippen LogP contribution in [-0.4, -0.2) is 30.0 Å². The molecular weight excluding hydrogens is 304 g/mol. The molecule has 0 saturated heterocycles. The Kier molecular flexibility index (Phi) is 4.53. The molecule has 0 aliphatic carbocycles. The Balaban J connectivity index is 1.57. The number of nitrogens with zero attached hydrogens (tertiary/aromatic N) is 1. The highest BCUT2D eigenvalue weighted by molar-refractivity contribution is 8.00. The van der Waals surface area contributed by atoms with Crippen molar-refractivity contribution < 1.29 is 18.8 Å². The van der Waals surface area contributed by atoms with E-state index in [1.54, 1.807) is 13.0 Å². The molecule has 22 heavy (non-hydrogen) atoms. The molecule has 1 aromatic heterocycles. The number of hydrogen-bond donors (Lipinski definition) is 1. The lowest BCUT2D eigenvalue weighted by Gasteiger charge is -2.08. The topological polar surface area (TPSA) is 73.6 Å². The third-order valence-corrected chi connectivity index (χ3v) is 3.97. The highest BCUT2D eigenvalue weighted by Crippen LogP contribution is 2.33. The van der Waals surface area contributed by atoms with Crippen LogP contribution in [-0.2, 0) is 4.79 Å². The van der Waals surface area contributed by atoms with Crippen molar-refractivity contribution in [2.45, 2.75) is 18.2 Å². The fourth-order valence-corrected chi connectivity index (χ4v) is 2.70. The van der Waals surface area contributed by atoms with E-state index in [0.29, 0.717) is 19.1 Å². The molecule has 0 bridgehead atoms. The van der Waals surface area contributed by atoms with Gasteiger partial charge in [0.05, 0.1) is 24.7 Å². The Bertz CT molecular complexity index is 671. The molecule has 0 spiro atoms. The van der Waals surface area contributed by atoms with E-state index < -0.39 is 0 Å². The fraction of sp³-hybridized carbons (Fsp3) is 0.333. The van der Waals surface area contributed by atoms with Gasteiger partial charge in [-0.1, -0.05) is 5.16 Å². The van der Waals surface area contributed by atoms with Crippen LogP contribution in [0.2, 0.25) is 0 Å². The van der Waals surface area contributed by atoms with E-state index >= 15 is 0 Å². The fourth-order valence-electron chi connectivity index (χ4n) is 1.98. The lowest BCUT2D eigenvalue weighted by atomic mass is 10.3. The highest BCUT2D eigenvalue weighted by atomic mass is 32.2. The second kappa shape index (κ2) is 6.74. The number of carbonyl (C=O) groups is 1. The van der Waals surface area contributed by atoms with Crippen LogP contribution in [0.25, 0.3) is 0 Å². The highest BCUT2D eigenvalue weighted by Gasteiger charge is 2.12. The average molecular weight is 320 g/mol. The van der Waals surface area contributed by atoms with E-state index in [1.165, 1.54) is 11.8 Å². The molecule has 6 nitrogen and oxygen atoms in total. The summed E-state index contributed by atoms with van der Waals surface area (Å²) < 4.78 is 16.2. The Labute approximate surface area is 132 Å². The van der Waals surface area contributed by atoms with Gasteiger partial charge in [0.1, 0.15) is 0 Å². The van der Waals surface area contributed by atoms with Gasteiger partial charge < -0.3 is 14.0 Å². The molecule has 116 valence electrons. The van der Waals surface area contributed by atoms with E-state index in [4.69, 9.17) is 14.0 Å². The summed E-state index contributed by atoms with van der Waals surface area (Å²) in [5, 5.41) is 6.38. The lowest BCUT2D eigenvalue weighted by Crippen LogP contribution is -2.13. The summed E-state index contributed by atoms with van der Waals surface area (Å²) in [4.78, 5) is 12.8. The molecule has 2 heterocycles. The number of fused-ring (bicyclic) bond motifs is 1. The Hall–Kier alpha value is -2.15. The summed E-state index contributed by atoms with van der Waals surface area (Å²) in [6, 6.07) is 7.37. The third-order valence-electron chi connectivity index (χ3n) is 2.98. The predicted octanol–water partition coefficient (Wildman–Crippen LogP) is 2.88. The van der Waals surface area contributed by atoms with Crippen LogP contribution in [0.3, 0.4) is 0 Å². The number of aryl methyl sites for hydroxylation is 1. The minimum atomic E-state index is -0.145. The van der Waals surface area contributed by atoms with E-state index in [2.05, 4.69) is 10.5 Å². The molecule has 1 aliphatic heterocycles. The van der Waals surface area contributed by atoms with Gasteiger partial charge in [0.25, 0.3) is 0 Å². The molecule has 2 aromatic rings. The second-order valence-electron chi connectivity index (χ2n) is 4.83. The molecule has 0 fully saturated rings. The van der Waals surface area contributed by atoms with Crippen molar-refractivity contribution in [1.29, 1.82) is 0 Å². The van der Waals surface area contributed by atoms with E-state index in [9.17, 15) is 4.79 Å². The monoisotopic (exact) mass is 320 g/mol. The van der Waals surface area contributed by atoms with Gasteiger partial charge in [0, 0.05) is 17.4 Å². The number of ether oxygens (including phenoxy) is 2. The van der Waals surface area contributed by atoms with E-state index in [1.807, 2.05) is 18.2 Å². The number of amides is 1. The van der Waals surface area contributed by atoms with Crippen LogP contribution < -0.4 is 14.8 Å². The van der Waals surface area contributed by atoms with Gasteiger partial charge in [-0.25, -0.2) is 0 Å². The summed E-state index contributed by atoms with van der Waals surface area (Å²) in [6.45, 7) is 3.11. The average Bonchev–Trinajstić information content (AvgIpc) is 2.78. The van der Waals surface area contributed by atoms with Crippen molar-refractivity contribution in [3.63, 3.8) is 0 Å². The SMILES string of the molecule is Cc1cc(NC(=O)CSc2ccc3c(c2)OCCCO3)on1. The molecular formula is C15H16N2O4S. The lowest BCUT2D eigenvalue weighted by molar-refractivity contribution is -0.113. The first kappa shape index (κ1) is 14.8. The van der Waals surface area contributed by atoms with Crippen LogP contribution in [0.1, 0.15) is 12.1 Å². The summed E-state index contributed by atoms with van der Waals surface area (Å²) in [5.74, 6) is 1.98. The zero-order chi connectivity index (χ0) is 15.4. The third kappa shape index (κ3) is 3.73. The van der Waals surface area contributed by atoms with Crippen molar-refractivity contribution in [2.75, 3.05) is 24.3 Å². The first-order chi connectivity index (χ1) is 10.7. The first-order valence-corrected chi connectivity index (χ1v) is 7.95. The van der Waals surface area contributed by atoms with Gasteiger partial charge in [-0.2, -0.15) is 0 Å². The summed E-state index contributed by atoms with van der Waals surface area (Å²) in [7, 11) is 0. The Morgan fingerprint density at radius 1 is 1.27 bits per heavy atom. The number of anilines is 1. The van der Waals surface area contributed by atoms with Crippen molar-refractivity contribution in [1.82, 2.24) is 5.16 Å². The maximum atomic E-state index is 11.9. The Morgan fingerprint density at radius 2 is 2.09 bits per heavy atom. The molecule has 3 rings (SSSR count). The minimum absolute atomic E-state index is 0.145. The molecule has 7 heteroatoms. The van der Waals surface area contributed by atoms with Gasteiger partial charge in [0.15, 0.2) is 11.5 Å². The van der Waals surface area contributed by atoms with Crippen LogP contribution >= 0.6 is 11.8 Å². The largest absolute Gasteiger partial charge is 0.490 e. The number of aromatic nitrogens is 1. The van der Waals surface area contributed by atoms with E-state index in [0.717, 1.165) is 28.5 Å². The smallest absolute Gasteiger partial charge is 0.237 e. The van der Waals surface area contributed by atoms with Crippen molar-refractivity contribution in [3.05, 3.63) is 30.0 Å². The van der Waals surface area contributed by atoms with E-state index in [-0.39, 0.29) is 11.7 Å². The van der Waals surface area contributed by atoms with Crippen LogP contribution in [0.15, 0.2) is 33.7 Å². The van der Waals surface area contributed by atoms with Gasteiger partial charge in [0.2, 0.25) is 11.8 Å². The number of nitrogens with one attached hydrogen (secondary N) is 1. The quantitative estimate of drug-likeness (QED) is 0.873. The van der Waals surface area contributed by atoms with Gasteiger partial charge in [-0.05, 0) is 25.1 Å². The first-order valence-electron chi connectivity index (χ1n) is 6.96. The Morgan fingerprint density at radius 3 is 2.86 bits per heavy atom. The zero-order valence-electron chi connectivity index (χ0n) is 12.1. The molecule has 0 unspecified atom stereocenters. The summed E-state index contributed by atoms with van der Waals surface area (Å²) in [6.07, 6.45) is 0.871. The number of benzene rings is 1. The number of hydrogen-bond acceptors (Lipinski definition) is 6. The summed E-state index contributed by atoms with van der Waals surface area (Å²) in [5.41, 5.74) is 0.728. The van der Waals surface area contributed by atoms with Crippen molar-refractivity contribution >= 4 is 23.6 Å². The predicted molar refractivity (Wildman–Crippen MR) is 82.6 cm³/mol. The normalized spacial score (nSPS) is 13.5. The van der Waals surface area contributed by atoms with Gasteiger partial charge in [-0.3, -0.25) is 10.1 Å². The molecule has 0 saturated carbocycles. The molecule has 1 aromatic carbocycles. The van der Waals surface area contributed by atoms with Gasteiger partial charge in [-0.15, -0.1) is 11.8 Å². The molecule has 1 amide bonds. The second-order valence-corrected chi connectivity index (χ2v) is 5.88. The summed E-state index contributed by atoms with van der Waals surface area (Å²) >= 11 is 1.42. The molecule has 0 atom stereocenters.